The zero-order chi connectivity index (χ0) is 10.1. The van der Waals surface area contributed by atoms with Crippen molar-refractivity contribution >= 4 is 22.8 Å². The third-order valence-electron chi connectivity index (χ3n) is 3.44. The van der Waals surface area contributed by atoms with Crippen LogP contribution in [0.3, 0.4) is 0 Å². The van der Waals surface area contributed by atoms with Gasteiger partial charge >= 0.3 is 88.3 Å². The predicted molar refractivity (Wildman–Crippen MR) is 55.6 cm³/mol. The molecule has 0 aliphatic heterocycles. The van der Waals surface area contributed by atoms with Gasteiger partial charge in [0.2, 0.25) is 0 Å². The van der Waals surface area contributed by atoms with Crippen molar-refractivity contribution in [1.82, 2.24) is 0 Å². The van der Waals surface area contributed by atoms with E-state index in [2.05, 4.69) is 13.8 Å². The summed E-state index contributed by atoms with van der Waals surface area (Å²) in [7, 11) is 0. The molecule has 0 radical (unpaired) electrons. The molecule has 0 heterocycles. The Kier molecular flexibility index (Phi) is 3.45. The summed E-state index contributed by atoms with van der Waals surface area (Å²) in [6, 6.07) is 0. The molecule has 76 valence electrons. The first-order chi connectivity index (χ1) is 5.99. The van der Waals surface area contributed by atoms with Gasteiger partial charge in [0.05, 0.1) is 0 Å². The van der Waals surface area contributed by atoms with Crippen LogP contribution in [0.4, 0.5) is 0 Å². The van der Waals surface area contributed by atoms with E-state index < -0.39 is 5.97 Å². The number of carboxylic acids is 1. The van der Waals surface area contributed by atoms with E-state index in [1.165, 1.54) is 0 Å². The van der Waals surface area contributed by atoms with Gasteiger partial charge in [0.25, 0.3) is 0 Å². The first-order valence-corrected chi connectivity index (χ1v) is 6.62. The van der Waals surface area contributed by atoms with Crippen molar-refractivity contribution in [1.29, 1.82) is 0 Å². The third kappa shape index (κ3) is 2.49. The Morgan fingerprint density at radius 3 is 2.23 bits per heavy atom. The van der Waals surface area contributed by atoms with Gasteiger partial charge in [-0.2, -0.15) is 0 Å². The number of aliphatic carboxylic acids is 1. The van der Waals surface area contributed by atoms with Gasteiger partial charge in [-0.15, -0.1) is 0 Å². The fourth-order valence-electron chi connectivity index (χ4n) is 2.56. The maximum atomic E-state index is 10.7. The first-order valence-electron chi connectivity index (χ1n) is 4.91. The summed E-state index contributed by atoms with van der Waals surface area (Å²) < 4.78 is 0. The Morgan fingerprint density at radius 1 is 1.46 bits per heavy atom. The Balaban J connectivity index is 2.67. The molecular formula is C10H19AsO2. The number of hydrogen-bond acceptors (Lipinski definition) is 1. The van der Waals surface area contributed by atoms with Crippen LogP contribution in [0.25, 0.3) is 0 Å². The van der Waals surface area contributed by atoms with Crippen LogP contribution < -0.4 is 0 Å². The van der Waals surface area contributed by atoms with Crippen molar-refractivity contribution in [3.05, 3.63) is 0 Å². The fourth-order valence-corrected chi connectivity index (χ4v) is 3.56. The second kappa shape index (κ2) is 4.04. The average Bonchev–Trinajstić information content (AvgIpc) is 2.27. The Labute approximate surface area is 88.6 Å². The third-order valence-corrected chi connectivity index (χ3v) is 5.26. The second-order valence-electron chi connectivity index (χ2n) is 4.64. The predicted octanol–water partition coefficient (Wildman–Crippen LogP) is 1.56. The summed E-state index contributed by atoms with van der Waals surface area (Å²) in [5.74, 6) is 0.782. The molecule has 0 aromatic heterocycles. The summed E-state index contributed by atoms with van der Waals surface area (Å²) in [6.07, 6.45) is 2.59. The molecule has 13 heavy (non-hydrogen) atoms. The van der Waals surface area contributed by atoms with Gasteiger partial charge in [0.15, 0.2) is 0 Å². The zero-order valence-electron chi connectivity index (χ0n) is 8.42. The van der Waals surface area contributed by atoms with E-state index in [-0.39, 0.29) is 5.41 Å². The molecule has 2 nitrogen and oxygen atoms in total. The van der Waals surface area contributed by atoms with Crippen molar-refractivity contribution in [3.8, 4) is 0 Å². The van der Waals surface area contributed by atoms with Gasteiger partial charge in [0, 0.05) is 0 Å². The summed E-state index contributed by atoms with van der Waals surface area (Å²) in [6.45, 7) is 4.49. The molecule has 0 amide bonds. The standard InChI is InChI=1S/C10H19AsO2/c1-7-3-10(6-11,4-8(7)2)5-9(12)13/h7-8H,3-6,11H2,1-2H3,(H,12,13)/t7-,8-/m0/s1. The van der Waals surface area contributed by atoms with Crippen LogP contribution in [0.5, 0.6) is 0 Å². The molecule has 1 aliphatic carbocycles. The number of carboxylic acid groups (broad SMARTS) is 1. The van der Waals surface area contributed by atoms with Crippen LogP contribution in [0.1, 0.15) is 33.1 Å². The van der Waals surface area contributed by atoms with Gasteiger partial charge in [0.1, 0.15) is 0 Å². The fraction of sp³-hybridized carbons (Fsp3) is 0.900. The summed E-state index contributed by atoms with van der Waals surface area (Å²) in [5, 5.41) is 9.92. The van der Waals surface area contributed by atoms with E-state index in [0.717, 1.165) is 18.1 Å². The normalized spacial score (nSPS) is 31.9. The molecule has 0 saturated heterocycles. The summed E-state index contributed by atoms with van der Waals surface area (Å²) in [4.78, 5) is 10.7. The molecule has 3 atom stereocenters. The van der Waals surface area contributed by atoms with E-state index in [4.69, 9.17) is 5.11 Å². The zero-order valence-corrected chi connectivity index (χ0v) is 10.8. The van der Waals surface area contributed by atoms with Crippen molar-refractivity contribution in [2.75, 3.05) is 0 Å². The van der Waals surface area contributed by atoms with E-state index in [1.807, 2.05) is 0 Å². The van der Waals surface area contributed by atoms with Gasteiger partial charge in [-0.25, -0.2) is 0 Å². The molecule has 0 spiro atoms. The number of carbonyl (C=O) groups is 1. The van der Waals surface area contributed by atoms with Crippen molar-refractivity contribution in [2.24, 2.45) is 17.3 Å². The van der Waals surface area contributed by atoms with E-state index >= 15 is 0 Å². The van der Waals surface area contributed by atoms with E-state index in [9.17, 15) is 4.79 Å². The van der Waals surface area contributed by atoms with E-state index in [0.29, 0.717) is 18.3 Å². The molecule has 1 aliphatic rings. The van der Waals surface area contributed by atoms with Gasteiger partial charge in [-0.3, -0.25) is 0 Å². The van der Waals surface area contributed by atoms with E-state index in [1.54, 1.807) is 16.9 Å². The van der Waals surface area contributed by atoms with Crippen LogP contribution >= 0.6 is 0 Å². The SMILES string of the molecule is C[C@H]1CC(C[AsH2])(CC(=O)O)C[C@@H]1C. The maximum absolute atomic E-state index is 10.7. The van der Waals surface area contributed by atoms with Crippen molar-refractivity contribution in [3.63, 3.8) is 0 Å². The van der Waals surface area contributed by atoms with Crippen LogP contribution in [0, 0.1) is 17.3 Å². The van der Waals surface area contributed by atoms with Gasteiger partial charge in [-0.1, -0.05) is 0 Å². The summed E-state index contributed by atoms with van der Waals surface area (Å²) in [5.41, 5.74) is 0.130. The molecular weight excluding hydrogens is 227 g/mol. The van der Waals surface area contributed by atoms with Gasteiger partial charge < -0.3 is 0 Å². The molecule has 1 rings (SSSR count). The Hall–Kier alpha value is 0.0284. The molecule has 0 bridgehead atoms. The Bertz CT molecular complexity index is 193. The number of hydrogen-bond donors (Lipinski definition) is 1. The van der Waals surface area contributed by atoms with Crippen molar-refractivity contribution in [2.45, 2.75) is 38.3 Å². The molecule has 1 N–H and O–H groups in total. The quantitative estimate of drug-likeness (QED) is 0.767. The number of rotatable bonds is 3. The molecule has 0 aromatic carbocycles. The molecule has 1 unspecified atom stereocenters. The first kappa shape index (κ1) is 11.1. The molecule has 0 aromatic rings. The molecule has 3 heteroatoms. The minimum atomic E-state index is -0.626. The topological polar surface area (TPSA) is 37.3 Å². The van der Waals surface area contributed by atoms with Crippen LogP contribution in [0.2, 0.25) is 5.21 Å². The van der Waals surface area contributed by atoms with Gasteiger partial charge in [-0.05, 0) is 0 Å². The van der Waals surface area contributed by atoms with Crippen LogP contribution in [-0.4, -0.2) is 27.9 Å². The molecule has 1 fully saturated rings. The monoisotopic (exact) mass is 246 g/mol. The Morgan fingerprint density at radius 2 is 1.92 bits per heavy atom. The minimum absolute atomic E-state index is 0.130. The summed E-state index contributed by atoms with van der Waals surface area (Å²) >= 11 is 1.67. The van der Waals surface area contributed by atoms with Crippen molar-refractivity contribution < 1.29 is 9.90 Å². The molecule has 1 saturated carbocycles. The average molecular weight is 246 g/mol. The second-order valence-corrected chi connectivity index (χ2v) is 5.49. The van der Waals surface area contributed by atoms with Crippen LogP contribution in [0.15, 0.2) is 0 Å². The van der Waals surface area contributed by atoms with Crippen LogP contribution in [-0.2, 0) is 4.79 Å².